The number of aliphatic hydroxyl groups is 5. The largest absolute Gasteiger partial charge is 0.510 e. The second kappa shape index (κ2) is 11.1. The van der Waals surface area contributed by atoms with Crippen LogP contribution in [0.4, 0.5) is 0 Å². The molecule has 1 rings (SSSR count). The lowest BCUT2D eigenvalue weighted by atomic mass is 10.0. The van der Waals surface area contributed by atoms with Crippen molar-refractivity contribution in [3.63, 3.8) is 0 Å². The van der Waals surface area contributed by atoms with Gasteiger partial charge in [0.05, 0.1) is 6.61 Å². The maximum Gasteiger partial charge on any atom is 0.506 e. The Morgan fingerprint density at radius 1 is 1.10 bits per heavy atom. The van der Waals surface area contributed by atoms with E-state index in [4.69, 9.17) is 30.6 Å². The smallest absolute Gasteiger partial charge is 0.506 e. The lowest BCUT2D eigenvalue weighted by Gasteiger charge is -2.24. The quantitative estimate of drug-likeness (QED) is 0.291. The summed E-state index contributed by atoms with van der Waals surface area (Å²) < 4.78 is 3.94. The van der Waals surface area contributed by atoms with Gasteiger partial charge in [-0.25, -0.2) is 0 Å². The summed E-state index contributed by atoms with van der Waals surface area (Å²) in [7, 11) is -0.985. The topological polar surface area (TPSA) is 161 Å². The van der Waals surface area contributed by atoms with Crippen LogP contribution in [0.3, 0.4) is 0 Å². The molecule has 1 heterocycles. The molecule has 4 atom stereocenters. The Morgan fingerprint density at radius 2 is 1.67 bits per heavy atom. The van der Waals surface area contributed by atoms with Crippen molar-refractivity contribution < 1.29 is 40.0 Å². The summed E-state index contributed by atoms with van der Waals surface area (Å²) in [5.41, 5.74) is 0. The standard InChI is InChI=1S/C6H13BO8.C5H5N/c8-1-2(9)3(10)4(11)5(12)6(13)15-7-14;1-2-4-6-5-3-1/h2-5,7-12,14H,1H2;1-5H/t2-,3-,4+,5-;/m1./s1. The minimum atomic E-state index is -2.12. The van der Waals surface area contributed by atoms with Crippen molar-refractivity contribution in [1.82, 2.24) is 4.98 Å². The number of pyridine rings is 1. The summed E-state index contributed by atoms with van der Waals surface area (Å²) in [6.07, 6.45) is -4.24. The van der Waals surface area contributed by atoms with E-state index in [0.29, 0.717) is 0 Å². The fourth-order valence-electron chi connectivity index (χ4n) is 1.12. The molecule has 0 aliphatic heterocycles. The van der Waals surface area contributed by atoms with Crippen LogP contribution < -0.4 is 0 Å². The second-order valence-corrected chi connectivity index (χ2v) is 3.79. The van der Waals surface area contributed by atoms with Gasteiger partial charge in [-0.2, -0.15) is 0 Å². The van der Waals surface area contributed by atoms with Gasteiger partial charge in [-0.3, -0.25) is 9.78 Å². The van der Waals surface area contributed by atoms with Crippen LogP contribution in [0.5, 0.6) is 0 Å². The van der Waals surface area contributed by atoms with Gasteiger partial charge in [0.15, 0.2) is 6.10 Å². The van der Waals surface area contributed by atoms with Crippen molar-refractivity contribution in [1.29, 1.82) is 0 Å². The number of aliphatic hydroxyl groups excluding tert-OH is 5. The highest BCUT2D eigenvalue weighted by molar-refractivity contribution is 6.20. The fourth-order valence-corrected chi connectivity index (χ4v) is 1.12. The molecule has 0 saturated carbocycles. The van der Waals surface area contributed by atoms with Crippen LogP contribution in [-0.4, -0.2) is 80.2 Å². The molecule has 1 aromatic heterocycles. The molecule has 118 valence electrons. The van der Waals surface area contributed by atoms with Gasteiger partial charge < -0.3 is 35.2 Å². The van der Waals surface area contributed by atoms with Gasteiger partial charge in [-0.15, -0.1) is 0 Å². The molecule has 0 fully saturated rings. The van der Waals surface area contributed by atoms with E-state index in [1.54, 1.807) is 12.4 Å². The zero-order valence-electron chi connectivity index (χ0n) is 11.1. The molecule has 21 heavy (non-hydrogen) atoms. The van der Waals surface area contributed by atoms with E-state index < -0.39 is 44.7 Å². The normalized spacial score (nSPS) is 15.7. The predicted octanol–water partition coefficient (Wildman–Crippen LogP) is -3.69. The van der Waals surface area contributed by atoms with Crippen molar-refractivity contribution in [3.05, 3.63) is 30.6 Å². The van der Waals surface area contributed by atoms with Gasteiger partial charge in [0.2, 0.25) is 0 Å². The molecule has 0 unspecified atom stereocenters. The van der Waals surface area contributed by atoms with Crippen LogP contribution in [0.25, 0.3) is 0 Å². The highest BCUT2D eigenvalue weighted by Gasteiger charge is 2.34. The third kappa shape index (κ3) is 7.70. The number of hydrogen-bond acceptors (Lipinski definition) is 9. The van der Waals surface area contributed by atoms with Gasteiger partial charge in [-0.1, -0.05) is 6.07 Å². The Hall–Kier alpha value is -1.56. The average Bonchev–Trinajstić information content (AvgIpc) is 2.54. The highest BCUT2D eigenvalue weighted by atomic mass is 16.6. The third-order valence-electron chi connectivity index (χ3n) is 2.27. The van der Waals surface area contributed by atoms with E-state index in [-0.39, 0.29) is 0 Å². The zero-order valence-corrected chi connectivity index (χ0v) is 11.1. The number of aromatic nitrogens is 1. The van der Waals surface area contributed by atoms with E-state index in [0.717, 1.165) is 0 Å². The zero-order chi connectivity index (χ0) is 16.3. The number of carbonyl (C=O) groups excluding carboxylic acids is 1. The fraction of sp³-hybridized carbons (Fsp3) is 0.455. The van der Waals surface area contributed by atoms with Crippen LogP contribution in [0, 0.1) is 0 Å². The van der Waals surface area contributed by atoms with Crippen molar-refractivity contribution in [3.8, 4) is 0 Å². The third-order valence-corrected chi connectivity index (χ3v) is 2.27. The Bertz CT molecular complexity index is 355. The molecular formula is C11H18BNO8. The maximum atomic E-state index is 10.8. The molecule has 0 bridgehead atoms. The molecular weight excluding hydrogens is 285 g/mol. The first-order chi connectivity index (χ1) is 9.95. The molecule has 0 amide bonds. The molecule has 0 spiro atoms. The molecule has 0 radical (unpaired) electrons. The van der Waals surface area contributed by atoms with Crippen molar-refractivity contribution >= 4 is 13.7 Å². The highest BCUT2D eigenvalue weighted by Crippen LogP contribution is 2.06. The molecule has 6 N–H and O–H groups in total. The second-order valence-electron chi connectivity index (χ2n) is 3.79. The summed E-state index contributed by atoms with van der Waals surface area (Å²) in [5.74, 6) is -1.35. The first kappa shape index (κ1) is 19.4. The molecule has 1 aromatic rings. The molecule has 0 aromatic carbocycles. The van der Waals surface area contributed by atoms with Crippen LogP contribution in [0.1, 0.15) is 0 Å². The SMILES string of the molecule is O=C(OBO)[C@H](O)[C@@H](O)[C@H](O)[C@H](O)CO.c1ccncc1. The van der Waals surface area contributed by atoms with Crippen LogP contribution in [-0.2, 0) is 9.45 Å². The number of carbonyl (C=O) groups is 1. The molecule has 0 aliphatic rings. The van der Waals surface area contributed by atoms with Crippen LogP contribution in [0.2, 0.25) is 0 Å². The lowest BCUT2D eigenvalue weighted by Crippen LogP contribution is -2.49. The summed E-state index contributed by atoms with van der Waals surface area (Å²) in [4.78, 5) is 14.5. The summed E-state index contributed by atoms with van der Waals surface area (Å²) in [6.45, 7) is -0.847. The number of hydrogen-bond donors (Lipinski definition) is 6. The molecule has 0 saturated heterocycles. The number of rotatable bonds is 6. The Labute approximate surface area is 121 Å². The Morgan fingerprint density at radius 3 is 2.00 bits per heavy atom. The molecule has 10 heteroatoms. The maximum absolute atomic E-state index is 10.8. The average molecular weight is 303 g/mol. The van der Waals surface area contributed by atoms with Gasteiger partial charge in [0.1, 0.15) is 18.3 Å². The van der Waals surface area contributed by atoms with Gasteiger partial charge in [0, 0.05) is 12.4 Å². The first-order valence-corrected chi connectivity index (χ1v) is 5.91. The van der Waals surface area contributed by atoms with Crippen LogP contribution in [0.15, 0.2) is 30.6 Å². The van der Waals surface area contributed by atoms with Gasteiger partial charge in [-0.05, 0) is 12.1 Å². The van der Waals surface area contributed by atoms with Gasteiger partial charge in [0.25, 0.3) is 0 Å². The van der Waals surface area contributed by atoms with E-state index >= 15 is 0 Å². The summed E-state index contributed by atoms with van der Waals surface area (Å²) in [5, 5.41) is 52.7. The summed E-state index contributed by atoms with van der Waals surface area (Å²) in [6, 6.07) is 5.72. The van der Waals surface area contributed by atoms with Crippen molar-refractivity contribution in [2.45, 2.75) is 24.4 Å². The lowest BCUT2D eigenvalue weighted by molar-refractivity contribution is -0.162. The van der Waals surface area contributed by atoms with Crippen molar-refractivity contribution in [2.24, 2.45) is 0 Å². The van der Waals surface area contributed by atoms with Gasteiger partial charge >= 0.3 is 13.7 Å². The van der Waals surface area contributed by atoms with E-state index in [1.165, 1.54) is 0 Å². The first-order valence-electron chi connectivity index (χ1n) is 5.91. The minimum absolute atomic E-state index is 0.847. The molecule has 9 nitrogen and oxygen atoms in total. The number of nitrogens with zero attached hydrogens (tertiary/aromatic N) is 1. The van der Waals surface area contributed by atoms with Crippen molar-refractivity contribution in [2.75, 3.05) is 6.61 Å². The Balaban J connectivity index is 0.000000547. The van der Waals surface area contributed by atoms with Crippen LogP contribution >= 0.6 is 0 Å². The monoisotopic (exact) mass is 303 g/mol. The van der Waals surface area contributed by atoms with E-state index in [2.05, 4.69) is 9.64 Å². The summed E-state index contributed by atoms with van der Waals surface area (Å²) >= 11 is 0. The predicted molar refractivity (Wildman–Crippen MR) is 70.8 cm³/mol. The minimum Gasteiger partial charge on any atom is -0.510 e. The molecule has 0 aliphatic carbocycles. The van der Waals surface area contributed by atoms with E-state index in [9.17, 15) is 4.79 Å². The van der Waals surface area contributed by atoms with E-state index in [1.807, 2.05) is 18.2 Å². The Kier molecular flexibility index (Phi) is 10.3.